The molecule has 0 amide bonds. The second kappa shape index (κ2) is 7.34. The molecule has 0 radical (unpaired) electrons. The van der Waals surface area contributed by atoms with Crippen LogP contribution in [0, 0.1) is 5.92 Å². The van der Waals surface area contributed by atoms with Gasteiger partial charge in [0.15, 0.2) is 0 Å². The van der Waals surface area contributed by atoms with Gasteiger partial charge in [0.05, 0.1) is 0 Å². The highest BCUT2D eigenvalue weighted by molar-refractivity contribution is 5.15. The van der Waals surface area contributed by atoms with Crippen LogP contribution in [-0.2, 0) is 6.42 Å². The highest BCUT2D eigenvalue weighted by Crippen LogP contribution is 2.21. The Balaban J connectivity index is 1.72. The number of nitrogens with zero attached hydrogens (tertiary/aromatic N) is 1. The molecule has 1 aromatic rings. The van der Waals surface area contributed by atoms with Gasteiger partial charge in [-0.05, 0) is 43.8 Å². The lowest BCUT2D eigenvalue weighted by Gasteiger charge is -2.31. The highest BCUT2D eigenvalue weighted by atomic mass is 15.1. The van der Waals surface area contributed by atoms with E-state index in [2.05, 4.69) is 47.4 Å². The van der Waals surface area contributed by atoms with Gasteiger partial charge in [0.1, 0.15) is 0 Å². The summed E-state index contributed by atoms with van der Waals surface area (Å²) in [6, 6.07) is 10.9. The topological polar surface area (TPSA) is 29.3 Å². The van der Waals surface area contributed by atoms with E-state index in [4.69, 9.17) is 5.73 Å². The molecule has 1 fully saturated rings. The van der Waals surface area contributed by atoms with Crippen molar-refractivity contribution in [3.63, 3.8) is 0 Å². The summed E-state index contributed by atoms with van der Waals surface area (Å²) >= 11 is 0. The van der Waals surface area contributed by atoms with Crippen molar-refractivity contribution in [2.24, 2.45) is 11.7 Å². The third-order valence-corrected chi connectivity index (χ3v) is 3.74. The smallest absolute Gasteiger partial charge is 0.0163 e. The molecule has 1 aliphatic heterocycles. The summed E-state index contributed by atoms with van der Waals surface area (Å²) in [7, 11) is 0. The molecule has 0 aliphatic carbocycles. The van der Waals surface area contributed by atoms with Crippen molar-refractivity contribution in [1.82, 2.24) is 4.90 Å². The lowest BCUT2D eigenvalue weighted by molar-refractivity contribution is 0.200. The van der Waals surface area contributed by atoms with Crippen LogP contribution in [0.1, 0.15) is 18.4 Å². The van der Waals surface area contributed by atoms with Gasteiger partial charge in [0.2, 0.25) is 0 Å². The van der Waals surface area contributed by atoms with Crippen LogP contribution in [0.3, 0.4) is 0 Å². The molecule has 2 rings (SSSR count). The fourth-order valence-electron chi connectivity index (χ4n) is 2.64. The van der Waals surface area contributed by atoms with Crippen LogP contribution in [0.25, 0.3) is 0 Å². The number of hydrogen-bond acceptors (Lipinski definition) is 2. The second-order valence-electron chi connectivity index (χ2n) is 5.14. The summed E-state index contributed by atoms with van der Waals surface area (Å²) in [4.78, 5) is 2.52. The van der Waals surface area contributed by atoms with Gasteiger partial charge in [-0.3, -0.25) is 4.90 Å². The van der Waals surface area contributed by atoms with E-state index in [0.717, 1.165) is 12.5 Å². The molecule has 2 heteroatoms. The minimum Gasteiger partial charge on any atom is -0.327 e. The number of piperidine rings is 1. The molecule has 2 N–H and O–H groups in total. The highest BCUT2D eigenvalue weighted by Gasteiger charge is 2.18. The molecular weight excluding hydrogens is 220 g/mol. The quantitative estimate of drug-likeness (QED) is 0.806. The first-order valence-electron chi connectivity index (χ1n) is 7.00. The van der Waals surface area contributed by atoms with Crippen LogP contribution >= 0.6 is 0 Å². The van der Waals surface area contributed by atoms with Crippen molar-refractivity contribution in [2.45, 2.75) is 19.3 Å². The van der Waals surface area contributed by atoms with Crippen LogP contribution in [-0.4, -0.2) is 31.1 Å². The van der Waals surface area contributed by atoms with Crippen molar-refractivity contribution in [1.29, 1.82) is 0 Å². The number of rotatable bonds is 5. The Hall–Kier alpha value is -1.12. The van der Waals surface area contributed by atoms with E-state index in [1.54, 1.807) is 0 Å². The minimum absolute atomic E-state index is 0.657. The van der Waals surface area contributed by atoms with E-state index in [-0.39, 0.29) is 0 Å². The molecule has 1 heterocycles. The molecule has 1 aromatic carbocycles. The van der Waals surface area contributed by atoms with Gasteiger partial charge >= 0.3 is 0 Å². The SMILES string of the molecule is NCC=CCN1CCC(Cc2ccccc2)CC1. The Morgan fingerprint density at radius 2 is 1.83 bits per heavy atom. The Morgan fingerprint density at radius 3 is 2.50 bits per heavy atom. The molecule has 2 nitrogen and oxygen atoms in total. The molecule has 0 atom stereocenters. The lowest BCUT2D eigenvalue weighted by atomic mass is 9.90. The molecule has 1 aliphatic rings. The molecule has 98 valence electrons. The maximum absolute atomic E-state index is 5.45. The molecule has 0 unspecified atom stereocenters. The number of hydrogen-bond donors (Lipinski definition) is 1. The van der Waals surface area contributed by atoms with Crippen molar-refractivity contribution in [2.75, 3.05) is 26.2 Å². The van der Waals surface area contributed by atoms with Crippen LogP contribution in [0.4, 0.5) is 0 Å². The number of likely N-dealkylation sites (tertiary alicyclic amines) is 1. The Bertz CT molecular complexity index is 351. The van der Waals surface area contributed by atoms with Gasteiger partial charge in [-0.2, -0.15) is 0 Å². The average molecular weight is 244 g/mol. The lowest BCUT2D eigenvalue weighted by Crippen LogP contribution is -2.34. The predicted octanol–water partition coefficient (Wildman–Crippen LogP) is 2.46. The summed E-state index contributed by atoms with van der Waals surface area (Å²) < 4.78 is 0. The molecule has 1 saturated heterocycles. The fourth-order valence-corrected chi connectivity index (χ4v) is 2.64. The summed E-state index contributed by atoms with van der Waals surface area (Å²) in [6.07, 6.45) is 8.14. The van der Waals surface area contributed by atoms with Crippen LogP contribution in [0.15, 0.2) is 42.5 Å². The molecule has 0 aromatic heterocycles. The standard InChI is InChI=1S/C16H24N2/c17-10-4-5-11-18-12-8-16(9-13-18)14-15-6-2-1-3-7-15/h1-7,16H,8-14,17H2. The van der Waals surface area contributed by atoms with Crippen molar-refractivity contribution in [3.8, 4) is 0 Å². The van der Waals surface area contributed by atoms with Crippen LogP contribution in [0.2, 0.25) is 0 Å². The molecular formula is C16H24N2. The maximum Gasteiger partial charge on any atom is 0.0163 e. The van der Waals surface area contributed by atoms with Crippen molar-refractivity contribution >= 4 is 0 Å². The van der Waals surface area contributed by atoms with E-state index in [1.807, 2.05) is 0 Å². The average Bonchev–Trinajstić information content (AvgIpc) is 2.42. The van der Waals surface area contributed by atoms with Gasteiger partial charge in [-0.1, -0.05) is 42.5 Å². The van der Waals surface area contributed by atoms with E-state index in [0.29, 0.717) is 6.54 Å². The van der Waals surface area contributed by atoms with Crippen LogP contribution < -0.4 is 5.73 Å². The van der Waals surface area contributed by atoms with E-state index in [1.165, 1.54) is 37.9 Å². The molecule has 18 heavy (non-hydrogen) atoms. The maximum atomic E-state index is 5.45. The van der Waals surface area contributed by atoms with E-state index in [9.17, 15) is 0 Å². The van der Waals surface area contributed by atoms with Gasteiger partial charge in [0.25, 0.3) is 0 Å². The molecule has 0 spiro atoms. The number of nitrogens with two attached hydrogens (primary N) is 1. The number of benzene rings is 1. The zero-order valence-electron chi connectivity index (χ0n) is 11.1. The summed E-state index contributed by atoms with van der Waals surface area (Å²) in [6.45, 7) is 4.18. The first-order valence-corrected chi connectivity index (χ1v) is 7.00. The fraction of sp³-hybridized carbons (Fsp3) is 0.500. The van der Waals surface area contributed by atoms with Gasteiger partial charge in [0, 0.05) is 13.1 Å². The Morgan fingerprint density at radius 1 is 1.11 bits per heavy atom. The third-order valence-electron chi connectivity index (χ3n) is 3.74. The van der Waals surface area contributed by atoms with Gasteiger partial charge in [-0.15, -0.1) is 0 Å². The van der Waals surface area contributed by atoms with Crippen molar-refractivity contribution in [3.05, 3.63) is 48.0 Å². The summed E-state index contributed by atoms with van der Waals surface area (Å²) in [5.74, 6) is 0.863. The summed E-state index contributed by atoms with van der Waals surface area (Å²) in [5.41, 5.74) is 6.93. The van der Waals surface area contributed by atoms with Gasteiger partial charge < -0.3 is 5.73 Å². The van der Waals surface area contributed by atoms with Crippen molar-refractivity contribution < 1.29 is 0 Å². The zero-order chi connectivity index (χ0) is 12.6. The molecule has 0 saturated carbocycles. The zero-order valence-corrected chi connectivity index (χ0v) is 11.1. The minimum atomic E-state index is 0.657. The first-order chi connectivity index (χ1) is 8.88. The largest absolute Gasteiger partial charge is 0.327 e. The Labute approximate surface area is 110 Å². The van der Waals surface area contributed by atoms with E-state index < -0.39 is 0 Å². The van der Waals surface area contributed by atoms with E-state index >= 15 is 0 Å². The Kier molecular flexibility index (Phi) is 5.43. The monoisotopic (exact) mass is 244 g/mol. The predicted molar refractivity (Wildman–Crippen MR) is 77.5 cm³/mol. The molecule has 0 bridgehead atoms. The summed E-state index contributed by atoms with van der Waals surface area (Å²) in [5, 5.41) is 0. The normalized spacial score (nSPS) is 18.5. The van der Waals surface area contributed by atoms with Gasteiger partial charge in [-0.25, -0.2) is 0 Å². The second-order valence-corrected chi connectivity index (χ2v) is 5.14. The third kappa shape index (κ3) is 4.28. The van der Waals surface area contributed by atoms with Crippen LogP contribution in [0.5, 0.6) is 0 Å². The first kappa shape index (κ1) is 13.3.